The molecule has 0 amide bonds. The zero-order valence-corrected chi connectivity index (χ0v) is 7.35. The Morgan fingerprint density at radius 2 is 2.36 bits per heavy atom. The summed E-state index contributed by atoms with van der Waals surface area (Å²) in [4.78, 5) is 10.1. The van der Waals surface area contributed by atoms with Crippen molar-refractivity contribution in [3.8, 4) is 0 Å². The van der Waals surface area contributed by atoms with Crippen LogP contribution in [0.1, 0.15) is 13.8 Å². The quantitative estimate of drug-likeness (QED) is 0.367. The monoisotopic (exact) mass is 178 g/mol. The molecule has 64 valence electrons. The van der Waals surface area contributed by atoms with Crippen LogP contribution in [0.4, 0.5) is 0 Å². The highest BCUT2D eigenvalue weighted by molar-refractivity contribution is 6.33. The van der Waals surface area contributed by atoms with Crippen LogP contribution in [0.2, 0.25) is 0 Å². The molecule has 0 bridgehead atoms. The summed E-state index contributed by atoms with van der Waals surface area (Å²) >= 11 is 5.67. The van der Waals surface area contributed by atoms with Gasteiger partial charge in [0.05, 0.1) is 6.61 Å². The Morgan fingerprint density at radius 3 is 2.73 bits per heavy atom. The van der Waals surface area contributed by atoms with Crippen LogP contribution in [0.25, 0.3) is 0 Å². The second kappa shape index (κ2) is 2.99. The lowest BCUT2D eigenvalue weighted by Crippen LogP contribution is -2.28. The molecular formula is C7H11ClO3. The SMILES string of the molecule is CC(C)(Cl)C(=O)OCC1CO1. The molecule has 0 spiro atoms. The normalized spacial score (nSPS) is 23.0. The van der Waals surface area contributed by atoms with Crippen molar-refractivity contribution in [2.75, 3.05) is 13.2 Å². The number of hydrogen-bond donors (Lipinski definition) is 0. The summed E-state index contributed by atoms with van der Waals surface area (Å²) < 4.78 is 9.69. The van der Waals surface area contributed by atoms with Crippen molar-refractivity contribution < 1.29 is 14.3 Å². The van der Waals surface area contributed by atoms with Crippen LogP contribution in [0.15, 0.2) is 0 Å². The van der Waals surface area contributed by atoms with Gasteiger partial charge >= 0.3 is 5.97 Å². The van der Waals surface area contributed by atoms with E-state index >= 15 is 0 Å². The van der Waals surface area contributed by atoms with E-state index in [9.17, 15) is 4.79 Å². The molecule has 0 radical (unpaired) electrons. The third-order valence-electron chi connectivity index (χ3n) is 1.29. The van der Waals surface area contributed by atoms with Gasteiger partial charge in [-0.1, -0.05) is 0 Å². The third-order valence-corrected chi connectivity index (χ3v) is 1.44. The fraction of sp³-hybridized carbons (Fsp3) is 0.857. The highest BCUT2D eigenvalue weighted by Crippen LogP contribution is 2.16. The second-order valence-electron chi connectivity index (χ2n) is 3.03. The fourth-order valence-electron chi connectivity index (χ4n) is 0.505. The van der Waals surface area contributed by atoms with E-state index in [1.54, 1.807) is 13.8 Å². The van der Waals surface area contributed by atoms with Gasteiger partial charge in [0.15, 0.2) is 0 Å². The van der Waals surface area contributed by atoms with Crippen LogP contribution in [0, 0.1) is 0 Å². The molecule has 0 aromatic carbocycles. The molecule has 1 saturated heterocycles. The molecule has 1 aliphatic heterocycles. The third kappa shape index (κ3) is 3.08. The predicted molar refractivity (Wildman–Crippen MR) is 40.6 cm³/mol. The van der Waals surface area contributed by atoms with Crippen molar-refractivity contribution >= 4 is 17.6 Å². The van der Waals surface area contributed by atoms with Crippen molar-refractivity contribution in [1.82, 2.24) is 0 Å². The minimum Gasteiger partial charge on any atom is -0.462 e. The summed E-state index contributed by atoms with van der Waals surface area (Å²) in [5.74, 6) is -0.394. The minimum atomic E-state index is -0.922. The maximum atomic E-state index is 11.0. The Bertz CT molecular complexity index is 158. The molecule has 3 nitrogen and oxygen atoms in total. The molecule has 1 atom stereocenters. The number of esters is 1. The first-order valence-electron chi connectivity index (χ1n) is 3.48. The van der Waals surface area contributed by atoms with E-state index in [0.717, 1.165) is 0 Å². The van der Waals surface area contributed by atoms with Gasteiger partial charge in [-0.3, -0.25) is 4.79 Å². The Balaban J connectivity index is 2.19. The summed E-state index contributed by atoms with van der Waals surface area (Å²) in [5, 5.41) is 0. The van der Waals surface area contributed by atoms with E-state index in [1.807, 2.05) is 0 Å². The highest BCUT2D eigenvalue weighted by Gasteiger charge is 2.30. The highest BCUT2D eigenvalue weighted by atomic mass is 35.5. The molecule has 1 unspecified atom stereocenters. The number of alkyl halides is 1. The zero-order valence-electron chi connectivity index (χ0n) is 6.59. The fourth-order valence-corrected chi connectivity index (χ4v) is 0.559. The lowest BCUT2D eigenvalue weighted by molar-refractivity contribution is -0.146. The van der Waals surface area contributed by atoms with Crippen LogP contribution in [-0.2, 0) is 14.3 Å². The molecule has 0 aromatic heterocycles. The number of carbonyl (C=O) groups is 1. The molecule has 11 heavy (non-hydrogen) atoms. The van der Waals surface area contributed by atoms with Gasteiger partial charge in [0.2, 0.25) is 0 Å². The lowest BCUT2D eigenvalue weighted by atomic mass is 10.2. The van der Waals surface area contributed by atoms with Crippen molar-refractivity contribution in [3.63, 3.8) is 0 Å². The van der Waals surface area contributed by atoms with Gasteiger partial charge in [0, 0.05) is 0 Å². The van der Waals surface area contributed by atoms with E-state index < -0.39 is 10.8 Å². The predicted octanol–water partition coefficient (Wildman–Crippen LogP) is 0.946. The molecule has 0 saturated carbocycles. The molecule has 1 heterocycles. The molecule has 4 heteroatoms. The molecule has 0 N–H and O–H groups in total. The maximum absolute atomic E-state index is 11.0. The van der Waals surface area contributed by atoms with E-state index in [2.05, 4.69) is 0 Å². The first-order chi connectivity index (χ1) is 5.00. The average Bonchev–Trinajstić information content (AvgIpc) is 2.62. The van der Waals surface area contributed by atoms with Crippen LogP contribution in [0.5, 0.6) is 0 Å². The van der Waals surface area contributed by atoms with Gasteiger partial charge in [-0.15, -0.1) is 11.6 Å². The number of hydrogen-bond acceptors (Lipinski definition) is 3. The molecule has 1 fully saturated rings. The standard InChI is InChI=1S/C7H11ClO3/c1-7(2,8)6(9)11-4-5-3-10-5/h5H,3-4H2,1-2H3. The molecule has 1 rings (SSSR count). The van der Waals surface area contributed by atoms with Gasteiger partial charge in [0.1, 0.15) is 17.6 Å². The molecule has 1 aliphatic rings. The van der Waals surface area contributed by atoms with Gasteiger partial charge in [-0.05, 0) is 13.8 Å². The van der Waals surface area contributed by atoms with Crippen LogP contribution < -0.4 is 0 Å². The zero-order chi connectivity index (χ0) is 8.48. The van der Waals surface area contributed by atoms with E-state index in [-0.39, 0.29) is 6.10 Å². The van der Waals surface area contributed by atoms with Crippen molar-refractivity contribution in [1.29, 1.82) is 0 Å². The number of halogens is 1. The Morgan fingerprint density at radius 1 is 1.82 bits per heavy atom. The van der Waals surface area contributed by atoms with Crippen molar-refractivity contribution in [3.05, 3.63) is 0 Å². The second-order valence-corrected chi connectivity index (χ2v) is 3.97. The average molecular weight is 179 g/mol. The van der Waals surface area contributed by atoms with E-state index in [1.165, 1.54) is 0 Å². The maximum Gasteiger partial charge on any atom is 0.326 e. The largest absolute Gasteiger partial charge is 0.462 e. The Kier molecular flexibility index (Phi) is 2.40. The summed E-state index contributed by atoms with van der Waals surface area (Å²) in [7, 11) is 0. The first-order valence-corrected chi connectivity index (χ1v) is 3.85. The van der Waals surface area contributed by atoms with Gasteiger partial charge in [0.25, 0.3) is 0 Å². The lowest BCUT2D eigenvalue weighted by Gasteiger charge is -2.13. The van der Waals surface area contributed by atoms with Crippen molar-refractivity contribution in [2.45, 2.75) is 24.8 Å². The van der Waals surface area contributed by atoms with E-state index in [0.29, 0.717) is 13.2 Å². The van der Waals surface area contributed by atoms with Gasteiger partial charge in [-0.25, -0.2) is 0 Å². The molecule has 0 aromatic rings. The number of epoxide rings is 1. The Hall–Kier alpha value is -0.280. The molecular weight excluding hydrogens is 168 g/mol. The summed E-state index contributed by atoms with van der Waals surface area (Å²) in [5.41, 5.74) is 0. The number of ether oxygens (including phenoxy) is 2. The topological polar surface area (TPSA) is 38.8 Å². The Labute approximate surface area is 70.6 Å². The first kappa shape index (κ1) is 8.81. The van der Waals surface area contributed by atoms with Gasteiger partial charge in [-0.2, -0.15) is 0 Å². The van der Waals surface area contributed by atoms with Crippen LogP contribution >= 0.6 is 11.6 Å². The number of carbonyl (C=O) groups excluding carboxylic acids is 1. The summed E-state index contributed by atoms with van der Waals surface area (Å²) in [6, 6.07) is 0. The number of rotatable bonds is 3. The van der Waals surface area contributed by atoms with Crippen LogP contribution in [0.3, 0.4) is 0 Å². The van der Waals surface area contributed by atoms with Crippen molar-refractivity contribution in [2.24, 2.45) is 0 Å². The van der Waals surface area contributed by atoms with Gasteiger partial charge < -0.3 is 9.47 Å². The van der Waals surface area contributed by atoms with E-state index in [4.69, 9.17) is 21.1 Å². The van der Waals surface area contributed by atoms with Crippen LogP contribution in [-0.4, -0.2) is 30.2 Å². The smallest absolute Gasteiger partial charge is 0.326 e. The molecule has 0 aliphatic carbocycles. The minimum absolute atomic E-state index is 0.109. The summed E-state index contributed by atoms with van der Waals surface area (Å²) in [6.45, 7) is 4.22. The summed E-state index contributed by atoms with van der Waals surface area (Å²) in [6.07, 6.45) is 0.109.